The van der Waals surface area contributed by atoms with Crippen molar-refractivity contribution >= 4 is 34.8 Å². The van der Waals surface area contributed by atoms with Gasteiger partial charge in [0.25, 0.3) is 5.91 Å². The molecule has 1 aliphatic rings. The monoisotopic (exact) mass is 500 g/mol. The van der Waals surface area contributed by atoms with Crippen molar-refractivity contribution in [1.29, 1.82) is 0 Å². The summed E-state index contributed by atoms with van der Waals surface area (Å²) < 4.78 is 6.85. The number of aliphatic carboxylic acids is 1. The van der Waals surface area contributed by atoms with Crippen molar-refractivity contribution in [3.63, 3.8) is 0 Å². The van der Waals surface area contributed by atoms with Crippen molar-refractivity contribution in [3.8, 4) is 0 Å². The van der Waals surface area contributed by atoms with E-state index in [1.807, 2.05) is 38.1 Å². The Bertz CT molecular complexity index is 1100. The van der Waals surface area contributed by atoms with E-state index in [0.29, 0.717) is 31.6 Å². The van der Waals surface area contributed by atoms with Crippen LogP contribution in [0.1, 0.15) is 56.4 Å². The number of benzene rings is 1. The van der Waals surface area contributed by atoms with Gasteiger partial charge in [-0.25, -0.2) is 4.79 Å². The maximum atomic E-state index is 13.2. The van der Waals surface area contributed by atoms with Gasteiger partial charge in [0.1, 0.15) is 11.7 Å². The quantitative estimate of drug-likeness (QED) is 0.350. The zero-order chi connectivity index (χ0) is 26.2. The average molecular weight is 501 g/mol. The maximum Gasteiger partial charge on any atom is 0.407 e. The molecule has 0 saturated heterocycles. The van der Waals surface area contributed by atoms with Crippen molar-refractivity contribution < 1.29 is 29.0 Å². The summed E-state index contributed by atoms with van der Waals surface area (Å²) in [7, 11) is 1.79. The molecule has 3 amide bonds. The summed E-state index contributed by atoms with van der Waals surface area (Å²) in [5.41, 5.74) is 1.30. The molecule has 1 heterocycles. The highest BCUT2D eigenvalue weighted by molar-refractivity contribution is 6.00. The van der Waals surface area contributed by atoms with Crippen LogP contribution in [-0.2, 0) is 21.4 Å². The predicted molar refractivity (Wildman–Crippen MR) is 135 cm³/mol. The molecular weight excluding hydrogens is 464 g/mol. The third-order valence-electron chi connectivity index (χ3n) is 6.45. The van der Waals surface area contributed by atoms with Gasteiger partial charge in [0, 0.05) is 30.5 Å². The van der Waals surface area contributed by atoms with Gasteiger partial charge in [-0.15, -0.1) is 0 Å². The van der Waals surface area contributed by atoms with Gasteiger partial charge in [-0.05, 0) is 43.7 Å². The molecule has 1 aromatic heterocycles. The Hall–Kier alpha value is -3.56. The van der Waals surface area contributed by atoms with Crippen LogP contribution >= 0.6 is 0 Å². The molecule has 36 heavy (non-hydrogen) atoms. The van der Waals surface area contributed by atoms with E-state index in [2.05, 4.69) is 16.0 Å². The number of alkyl carbamates (subject to hydrolysis) is 1. The van der Waals surface area contributed by atoms with E-state index in [1.54, 1.807) is 17.7 Å². The Kier molecular flexibility index (Phi) is 9.32. The number of amides is 3. The normalized spacial score (nSPS) is 18.1. The van der Waals surface area contributed by atoms with Gasteiger partial charge in [-0.1, -0.05) is 38.5 Å². The molecule has 10 nitrogen and oxygen atoms in total. The average Bonchev–Trinajstić information content (AvgIpc) is 3.44. The van der Waals surface area contributed by atoms with Crippen LogP contribution in [0.3, 0.4) is 0 Å². The van der Waals surface area contributed by atoms with E-state index >= 15 is 0 Å². The van der Waals surface area contributed by atoms with Crippen LogP contribution in [0.2, 0.25) is 0 Å². The number of para-hydroxylation sites is 1. The number of carbonyl (C=O) groups excluding carboxylic acids is 3. The molecule has 1 fully saturated rings. The Morgan fingerprint density at radius 3 is 2.61 bits per heavy atom. The molecule has 2 aromatic rings. The van der Waals surface area contributed by atoms with Crippen LogP contribution in [-0.4, -0.2) is 58.8 Å². The molecule has 1 aliphatic carbocycles. The second-order valence-electron chi connectivity index (χ2n) is 9.73. The molecule has 4 N–H and O–H groups in total. The maximum absolute atomic E-state index is 13.2. The number of hydrogen-bond acceptors (Lipinski definition) is 5. The van der Waals surface area contributed by atoms with Crippen molar-refractivity contribution in [2.75, 3.05) is 13.2 Å². The van der Waals surface area contributed by atoms with Gasteiger partial charge in [-0.2, -0.15) is 0 Å². The number of hydrogen-bond donors (Lipinski definition) is 4. The molecule has 1 aromatic carbocycles. The van der Waals surface area contributed by atoms with Crippen molar-refractivity contribution in [1.82, 2.24) is 20.5 Å². The highest BCUT2D eigenvalue weighted by Gasteiger charge is 2.35. The highest BCUT2D eigenvalue weighted by Crippen LogP contribution is 2.26. The number of nitrogens with zero attached hydrogens (tertiary/aromatic N) is 1. The smallest absolute Gasteiger partial charge is 0.407 e. The van der Waals surface area contributed by atoms with Gasteiger partial charge >= 0.3 is 12.1 Å². The summed E-state index contributed by atoms with van der Waals surface area (Å²) in [5, 5.41) is 18.7. The number of carbonyl (C=O) groups is 4. The van der Waals surface area contributed by atoms with Crippen LogP contribution < -0.4 is 16.0 Å². The Balaban J connectivity index is 1.66. The lowest BCUT2D eigenvalue weighted by molar-refractivity contribution is -0.142. The van der Waals surface area contributed by atoms with Gasteiger partial charge in [0.05, 0.1) is 12.5 Å². The molecule has 1 saturated carbocycles. The van der Waals surface area contributed by atoms with Gasteiger partial charge in [0.2, 0.25) is 5.91 Å². The minimum atomic E-state index is -0.932. The van der Waals surface area contributed by atoms with Crippen LogP contribution in [0.15, 0.2) is 30.3 Å². The molecule has 3 atom stereocenters. The number of fused-ring (bicyclic) bond motifs is 1. The van der Waals surface area contributed by atoms with Crippen LogP contribution in [0.4, 0.5) is 4.79 Å². The Morgan fingerprint density at radius 2 is 1.92 bits per heavy atom. The van der Waals surface area contributed by atoms with E-state index in [4.69, 9.17) is 4.74 Å². The van der Waals surface area contributed by atoms with E-state index < -0.39 is 41.9 Å². The molecule has 0 aliphatic heterocycles. The van der Waals surface area contributed by atoms with E-state index in [-0.39, 0.29) is 18.9 Å². The number of rotatable bonds is 11. The SMILES string of the molecule is CC(C)COC(=O)NCCC[C@H](NC(=O)c1cc2ccccc2n1C)C(=O)N[C@H]1CCC[C@H]1C(=O)O. The fourth-order valence-electron chi connectivity index (χ4n) is 4.51. The van der Waals surface area contributed by atoms with Crippen molar-refractivity contribution in [2.24, 2.45) is 18.9 Å². The first kappa shape index (κ1) is 27.0. The first-order valence-corrected chi connectivity index (χ1v) is 12.5. The standard InChI is InChI=1S/C26H36N4O6/c1-16(2)15-36-26(35)27-13-7-11-20(23(31)28-19-10-6-9-18(19)25(33)34)29-24(32)22-14-17-8-4-5-12-21(17)30(22)3/h4-5,8,12,14,16,18-20H,6-7,9-11,13,15H2,1-3H3,(H,27,35)(H,28,31)(H,29,32)(H,33,34)/t18-,19+,20+/m1/s1. The Labute approximate surface area is 210 Å². The molecular formula is C26H36N4O6. The zero-order valence-electron chi connectivity index (χ0n) is 21.1. The van der Waals surface area contributed by atoms with Gasteiger partial charge < -0.3 is 30.4 Å². The Morgan fingerprint density at radius 1 is 1.17 bits per heavy atom. The molecule has 0 spiro atoms. The zero-order valence-corrected chi connectivity index (χ0v) is 21.1. The van der Waals surface area contributed by atoms with E-state index in [0.717, 1.165) is 17.3 Å². The fourth-order valence-corrected chi connectivity index (χ4v) is 4.51. The minimum absolute atomic E-state index is 0.221. The summed E-state index contributed by atoms with van der Waals surface area (Å²) in [6.07, 6.45) is 1.95. The molecule has 0 unspecified atom stereocenters. The number of aromatic nitrogens is 1. The van der Waals surface area contributed by atoms with Gasteiger partial charge in [-0.3, -0.25) is 14.4 Å². The van der Waals surface area contributed by atoms with Crippen LogP contribution in [0.25, 0.3) is 10.9 Å². The second kappa shape index (κ2) is 12.4. The molecule has 196 valence electrons. The number of aryl methyl sites for hydroxylation is 1. The number of nitrogens with one attached hydrogen (secondary N) is 3. The third kappa shape index (κ3) is 6.99. The predicted octanol–water partition coefficient (Wildman–Crippen LogP) is 2.81. The molecule has 0 bridgehead atoms. The summed E-state index contributed by atoms with van der Waals surface area (Å²) in [5.74, 6) is -2.18. The first-order chi connectivity index (χ1) is 17.2. The molecule has 3 rings (SSSR count). The third-order valence-corrected chi connectivity index (χ3v) is 6.45. The van der Waals surface area contributed by atoms with Crippen LogP contribution in [0.5, 0.6) is 0 Å². The number of carboxylic acid groups (broad SMARTS) is 1. The largest absolute Gasteiger partial charge is 0.481 e. The van der Waals surface area contributed by atoms with Crippen molar-refractivity contribution in [3.05, 3.63) is 36.0 Å². The second-order valence-corrected chi connectivity index (χ2v) is 9.73. The first-order valence-electron chi connectivity index (χ1n) is 12.5. The summed E-state index contributed by atoms with van der Waals surface area (Å²) in [4.78, 5) is 49.7. The lowest BCUT2D eigenvalue weighted by Crippen LogP contribution is -2.51. The number of ether oxygens (including phenoxy) is 1. The summed E-state index contributed by atoms with van der Waals surface area (Å²) in [6, 6.07) is 8.00. The molecule has 10 heteroatoms. The fraction of sp³-hybridized carbons (Fsp3) is 0.538. The lowest BCUT2D eigenvalue weighted by Gasteiger charge is -2.23. The highest BCUT2D eigenvalue weighted by atomic mass is 16.5. The minimum Gasteiger partial charge on any atom is -0.481 e. The topological polar surface area (TPSA) is 139 Å². The summed E-state index contributed by atoms with van der Waals surface area (Å²) >= 11 is 0. The van der Waals surface area contributed by atoms with E-state index in [9.17, 15) is 24.3 Å². The van der Waals surface area contributed by atoms with Crippen molar-refractivity contribution in [2.45, 2.75) is 58.0 Å². The van der Waals surface area contributed by atoms with Crippen LogP contribution in [0, 0.1) is 11.8 Å². The van der Waals surface area contributed by atoms with E-state index in [1.165, 1.54) is 0 Å². The number of carboxylic acids is 1. The molecule has 0 radical (unpaired) electrons. The van der Waals surface area contributed by atoms with Gasteiger partial charge in [0.15, 0.2) is 0 Å². The summed E-state index contributed by atoms with van der Waals surface area (Å²) in [6.45, 7) is 4.46. The lowest BCUT2D eigenvalue weighted by atomic mass is 10.0.